The molecule has 1 N–H and O–H groups in total. The van der Waals surface area contributed by atoms with Gasteiger partial charge in [-0.25, -0.2) is 14.6 Å². The highest BCUT2D eigenvalue weighted by Crippen LogP contribution is 2.08. The van der Waals surface area contributed by atoms with Crippen LogP contribution in [0.2, 0.25) is 0 Å². The van der Waals surface area contributed by atoms with Gasteiger partial charge in [0.15, 0.2) is 11.2 Å². The predicted molar refractivity (Wildman–Crippen MR) is 93.6 cm³/mol. The zero-order valence-corrected chi connectivity index (χ0v) is 15.5. The Morgan fingerprint density at radius 2 is 1.88 bits per heavy atom. The number of hydrogen-bond acceptors (Lipinski definition) is 6. The molecule has 2 aromatic heterocycles. The second-order valence-corrected chi connectivity index (χ2v) is 6.52. The molecule has 10 heteroatoms. The average Bonchev–Trinajstić information content (AvgIpc) is 2.99. The fraction of sp³-hybridized carbons (Fsp3) is 0.562. The first kappa shape index (κ1) is 19.4. The largest absolute Gasteiger partial charge is 0.467 e. The van der Waals surface area contributed by atoms with Crippen LogP contribution in [0.3, 0.4) is 0 Å². The van der Waals surface area contributed by atoms with Gasteiger partial charge in [-0.1, -0.05) is 13.8 Å². The number of nitrogens with zero attached hydrogens (tertiary/aromatic N) is 4. The maximum Gasteiger partial charge on any atom is 0.332 e. The third-order valence-corrected chi connectivity index (χ3v) is 4.06. The first-order valence-electron chi connectivity index (χ1n) is 8.15. The summed E-state index contributed by atoms with van der Waals surface area (Å²) in [6, 6.07) is -0.769. The second-order valence-electron chi connectivity index (χ2n) is 6.52. The van der Waals surface area contributed by atoms with Crippen LogP contribution < -0.4 is 16.6 Å². The van der Waals surface area contributed by atoms with Crippen molar-refractivity contribution in [3.63, 3.8) is 0 Å². The molecule has 1 atom stereocenters. The normalized spacial score (nSPS) is 12.4. The van der Waals surface area contributed by atoms with Crippen molar-refractivity contribution in [2.75, 3.05) is 7.11 Å². The number of aromatic nitrogens is 4. The molecule has 1 amide bonds. The summed E-state index contributed by atoms with van der Waals surface area (Å²) in [6.07, 6.45) is 1.75. The minimum absolute atomic E-state index is 0.142. The van der Waals surface area contributed by atoms with Crippen molar-refractivity contribution in [1.82, 2.24) is 24.0 Å². The van der Waals surface area contributed by atoms with Gasteiger partial charge in [0.2, 0.25) is 5.91 Å². The summed E-state index contributed by atoms with van der Waals surface area (Å²) in [4.78, 5) is 52.6. The molecule has 0 saturated heterocycles. The van der Waals surface area contributed by atoms with Crippen molar-refractivity contribution < 1.29 is 14.3 Å². The van der Waals surface area contributed by atoms with E-state index < -0.39 is 29.2 Å². The molecule has 0 radical (unpaired) electrons. The van der Waals surface area contributed by atoms with E-state index in [1.54, 1.807) is 0 Å². The predicted octanol–water partition coefficient (Wildman–Crippen LogP) is -0.862. The molecule has 0 aliphatic heterocycles. The number of carbonyl (C=O) groups is 2. The fourth-order valence-electron chi connectivity index (χ4n) is 2.74. The van der Waals surface area contributed by atoms with Crippen LogP contribution in [0.15, 0.2) is 15.9 Å². The Hall–Kier alpha value is -2.91. The number of fused-ring (bicyclic) bond motifs is 1. The molecule has 2 aromatic rings. The Balaban J connectivity index is 2.31. The van der Waals surface area contributed by atoms with Crippen molar-refractivity contribution in [2.45, 2.75) is 32.9 Å². The lowest BCUT2D eigenvalue weighted by atomic mass is 10.0. The number of ether oxygens (including phenoxy) is 1. The summed E-state index contributed by atoms with van der Waals surface area (Å²) in [5.41, 5.74) is -0.708. The van der Waals surface area contributed by atoms with Gasteiger partial charge in [0.05, 0.1) is 13.4 Å². The van der Waals surface area contributed by atoms with E-state index in [4.69, 9.17) is 4.74 Å². The minimum Gasteiger partial charge on any atom is -0.467 e. The van der Waals surface area contributed by atoms with Gasteiger partial charge in [0.1, 0.15) is 12.6 Å². The summed E-state index contributed by atoms with van der Waals surface area (Å²) >= 11 is 0. The summed E-state index contributed by atoms with van der Waals surface area (Å²) in [7, 11) is 4.12. The quantitative estimate of drug-likeness (QED) is 0.666. The van der Waals surface area contributed by atoms with E-state index in [9.17, 15) is 19.2 Å². The number of methoxy groups -OCH3 is 1. The summed E-state index contributed by atoms with van der Waals surface area (Å²) in [5.74, 6) is -0.813. The van der Waals surface area contributed by atoms with E-state index in [2.05, 4.69) is 10.3 Å². The third kappa shape index (κ3) is 3.68. The van der Waals surface area contributed by atoms with Gasteiger partial charge in [-0.2, -0.15) is 0 Å². The van der Waals surface area contributed by atoms with E-state index in [-0.39, 0.29) is 23.6 Å². The Kier molecular flexibility index (Phi) is 5.63. The van der Waals surface area contributed by atoms with Crippen LogP contribution in [-0.2, 0) is 35.0 Å². The molecular formula is C16H23N5O5. The van der Waals surface area contributed by atoms with E-state index in [1.807, 2.05) is 13.8 Å². The van der Waals surface area contributed by atoms with Crippen LogP contribution in [-0.4, -0.2) is 43.7 Å². The number of nitrogens with one attached hydrogen (secondary N) is 1. The molecule has 0 aromatic carbocycles. The van der Waals surface area contributed by atoms with Crippen molar-refractivity contribution >= 4 is 23.0 Å². The monoisotopic (exact) mass is 365 g/mol. The van der Waals surface area contributed by atoms with E-state index in [1.165, 1.54) is 36.7 Å². The molecular weight excluding hydrogens is 342 g/mol. The lowest BCUT2D eigenvalue weighted by Gasteiger charge is -2.18. The molecule has 142 valence electrons. The zero-order chi connectivity index (χ0) is 19.6. The Morgan fingerprint density at radius 3 is 2.46 bits per heavy atom. The van der Waals surface area contributed by atoms with Crippen LogP contribution >= 0.6 is 0 Å². The molecule has 2 rings (SSSR count). The highest BCUT2D eigenvalue weighted by molar-refractivity contribution is 5.85. The van der Waals surface area contributed by atoms with E-state index >= 15 is 0 Å². The van der Waals surface area contributed by atoms with Crippen LogP contribution in [0.5, 0.6) is 0 Å². The van der Waals surface area contributed by atoms with Crippen LogP contribution in [0.1, 0.15) is 20.3 Å². The standard InChI is InChI=1S/C16H23N5O5/c1-9(2)6-10(15(24)26-5)18-11(22)7-21-8-17-13-12(21)14(23)20(4)16(25)19(13)3/h8-10H,6-7H2,1-5H3,(H,18,22)/t10-/m0/s1. The smallest absolute Gasteiger partial charge is 0.332 e. The number of carbonyl (C=O) groups excluding carboxylic acids is 2. The van der Waals surface area contributed by atoms with E-state index in [0.717, 1.165) is 4.57 Å². The van der Waals surface area contributed by atoms with Crippen LogP contribution in [0.4, 0.5) is 0 Å². The number of imidazole rings is 1. The number of rotatable bonds is 6. The van der Waals surface area contributed by atoms with Gasteiger partial charge in [-0.05, 0) is 12.3 Å². The molecule has 0 spiro atoms. The lowest BCUT2D eigenvalue weighted by Crippen LogP contribution is -2.44. The average molecular weight is 365 g/mol. The molecule has 0 aliphatic carbocycles. The molecule has 0 saturated carbocycles. The summed E-state index contributed by atoms with van der Waals surface area (Å²) < 4.78 is 8.27. The maximum atomic E-state index is 12.4. The number of hydrogen-bond donors (Lipinski definition) is 1. The van der Waals surface area contributed by atoms with Gasteiger partial charge in [0, 0.05) is 14.1 Å². The SMILES string of the molecule is COC(=O)[C@H](CC(C)C)NC(=O)Cn1cnc2c1c(=O)n(C)c(=O)n2C. The zero-order valence-electron chi connectivity index (χ0n) is 15.5. The highest BCUT2D eigenvalue weighted by Gasteiger charge is 2.23. The Labute approximate surface area is 149 Å². The maximum absolute atomic E-state index is 12.4. The number of esters is 1. The van der Waals surface area contributed by atoms with Gasteiger partial charge >= 0.3 is 11.7 Å². The Bertz CT molecular complexity index is 952. The second kappa shape index (κ2) is 7.54. The van der Waals surface area contributed by atoms with Crippen molar-refractivity contribution in [1.29, 1.82) is 0 Å². The molecule has 0 unspecified atom stereocenters. The molecule has 0 bridgehead atoms. The number of aryl methyl sites for hydroxylation is 1. The third-order valence-electron chi connectivity index (χ3n) is 4.06. The van der Waals surface area contributed by atoms with Crippen LogP contribution in [0, 0.1) is 5.92 Å². The number of amides is 1. The van der Waals surface area contributed by atoms with Crippen molar-refractivity contribution in [3.8, 4) is 0 Å². The van der Waals surface area contributed by atoms with Crippen molar-refractivity contribution in [3.05, 3.63) is 27.2 Å². The van der Waals surface area contributed by atoms with E-state index in [0.29, 0.717) is 6.42 Å². The highest BCUT2D eigenvalue weighted by atomic mass is 16.5. The summed E-state index contributed by atoms with van der Waals surface area (Å²) in [6.45, 7) is 3.64. The fourth-order valence-corrected chi connectivity index (χ4v) is 2.74. The van der Waals surface area contributed by atoms with Gasteiger partial charge < -0.3 is 14.6 Å². The molecule has 0 aliphatic rings. The molecule has 26 heavy (non-hydrogen) atoms. The van der Waals surface area contributed by atoms with Gasteiger partial charge in [-0.15, -0.1) is 0 Å². The minimum atomic E-state index is -0.769. The topological polar surface area (TPSA) is 117 Å². The summed E-state index contributed by atoms with van der Waals surface area (Å²) in [5, 5.41) is 2.62. The lowest BCUT2D eigenvalue weighted by molar-refractivity contribution is -0.145. The van der Waals surface area contributed by atoms with Crippen LogP contribution in [0.25, 0.3) is 11.2 Å². The van der Waals surface area contributed by atoms with Gasteiger partial charge in [0.25, 0.3) is 5.56 Å². The Morgan fingerprint density at radius 1 is 1.23 bits per heavy atom. The molecule has 0 fully saturated rings. The molecule has 10 nitrogen and oxygen atoms in total. The first-order chi connectivity index (χ1) is 12.2. The van der Waals surface area contributed by atoms with Crippen molar-refractivity contribution in [2.24, 2.45) is 20.0 Å². The first-order valence-corrected chi connectivity index (χ1v) is 8.15. The van der Waals surface area contributed by atoms with Gasteiger partial charge in [-0.3, -0.25) is 18.7 Å². The molecule has 2 heterocycles.